The highest BCUT2D eigenvalue weighted by Crippen LogP contribution is 2.24. The third kappa shape index (κ3) is 3.23. The molecule has 0 aromatic carbocycles. The Morgan fingerprint density at radius 3 is 3.06 bits per heavy atom. The number of rotatable bonds is 3. The molecule has 94 valence electrons. The van der Waals surface area contributed by atoms with Crippen molar-refractivity contribution >= 4 is 17.5 Å². The van der Waals surface area contributed by atoms with Crippen molar-refractivity contribution in [2.45, 2.75) is 19.8 Å². The van der Waals surface area contributed by atoms with Crippen molar-refractivity contribution in [2.24, 2.45) is 5.41 Å². The van der Waals surface area contributed by atoms with Gasteiger partial charge in [0.25, 0.3) is 5.91 Å². The van der Waals surface area contributed by atoms with Gasteiger partial charge < -0.3 is 15.6 Å². The molecule has 3 N–H and O–H groups in total. The molecular weight excluding hydrogens is 238 g/mol. The molecule has 1 saturated heterocycles. The summed E-state index contributed by atoms with van der Waals surface area (Å²) in [5, 5.41) is 6.87. The maximum atomic E-state index is 11.8. The summed E-state index contributed by atoms with van der Waals surface area (Å²) in [6, 6.07) is 1.64. The van der Waals surface area contributed by atoms with E-state index in [1.807, 2.05) is 0 Å². The van der Waals surface area contributed by atoms with Crippen molar-refractivity contribution in [3.05, 3.63) is 23.0 Å². The fourth-order valence-electron chi connectivity index (χ4n) is 2.16. The quantitative estimate of drug-likeness (QED) is 0.771. The number of carbonyl (C=O) groups excluding carboxylic acids is 1. The number of halogens is 1. The number of carbonyl (C=O) groups is 1. The van der Waals surface area contributed by atoms with Gasteiger partial charge in [0.15, 0.2) is 0 Å². The zero-order chi connectivity index (χ0) is 12.3. The molecule has 1 atom stereocenters. The van der Waals surface area contributed by atoms with Crippen LogP contribution in [0.25, 0.3) is 0 Å². The smallest absolute Gasteiger partial charge is 0.267 e. The summed E-state index contributed by atoms with van der Waals surface area (Å²) in [4.78, 5) is 14.7. The minimum atomic E-state index is -0.0938. The van der Waals surface area contributed by atoms with Crippen LogP contribution in [0.15, 0.2) is 12.3 Å². The first-order chi connectivity index (χ1) is 8.09. The van der Waals surface area contributed by atoms with Gasteiger partial charge in [0.1, 0.15) is 5.69 Å². The standard InChI is InChI=1S/C12H18ClN3O/c1-12(3-2-4-14-7-12)8-16-11(17)10-5-9(13)6-15-10/h5-6,14-15H,2-4,7-8H2,1H3,(H,16,17). The number of H-pyrrole nitrogens is 1. The predicted molar refractivity (Wildman–Crippen MR) is 68.3 cm³/mol. The predicted octanol–water partition coefficient (Wildman–Crippen LogP) is 1.79. The Bertz CT molecular complexity index is 396. The highest BCUT2D eigenvalue weighted by atomic mass is 35.5. The molecule has 1 fully saturated rings. The molecule has 1 unspecified atom stereocenters. The van der Waals surface area contributed by atoms with Gasteiger partial charge in [-0.15, -0.1) is 0 Å². The number of piperidine rings is 1. The van der Waals surface area contributed by atoms with E-state index in [1.165, 1.54) is 6.42 Å². The first-order valence-electron chi connectivity index (χ1n) is 5.92. The lowest BCUT2D eigenvalue weighted by Gasteiger charge is -2.34. The summed E-state index contributed by atoms with van der Waals surface area (Å²) in [5.41, 5.74) is 0.673. The van der Waals surface area contributed by atoms with Crippen LogP contribution in [0.4, 0.5) is 0 Å². The summed E-state index contributed by atoms with van der Waals surface area (Å²) in [5.74, 6) is -0.0938. The lowest BCUT2D eigenvalue weighted by atomic mass is 9.83. The van der Waals surface area contributed by atoms with Gasteiger partial charge in [0.2, 0.25) is 0 Å². The average molecular weight is 256 g/mol. The third-order valence-corrected chi connectivity index (χ3v) is 3.47. The number of hydrogen-bond donors (Lipinski definition) is 3. The normalized spacial score (nSPS) is 24.6. The first-order valence-corrected chi connectivity index (χ1v) is 6.30. The summed E-state index contributed by atoms with van der Waals surface area (Å²) >= 11 is 5.76. The Labute approximate surface area is 106 Å². The van der Waals surface area contributed by atoms with Crippen LogP contribution in [-0.2, 0) is 0 Å². The number of nitrogens with one attached hydrogen (secondary N) is 3. The molecular formula is C12H18ClN3O. The molecule has 4 nitrogen and oxygen atoms in total. The van der Waals surface area contributed by atoms with Crippen LogP contribution in [0, 0.1) is 5.41 Å². The second-order valence-corrected chi connectivity index (χ2v) is 5.44. The van der Waals surface area contributed by atoms with Crippen molar-refractivity contribution in [2.75, 3.05) is 19.6 Å². The lowest BCUT2D eigenvalue weighted by molar-refractivity contribution is 0.0920. The summed E-state index contributed by atoms with van der Waals surface area (Å²) in [6.07, 6.45) is 3.92. The van der Waals surface area contributed by atoms with Crippen molar-refractivity contribution < 1.29 is 4.79 Å². The number of hydrogen-bond acceptors (Lipinski definition) is 2. The zero-order valence-electron chi connectivity index (χ0n) is 9.98. The van der Waals surface area contributed by atoms with Crippen molar-refractivity contribution in [1.82, 2.24) is 15.6 Å². The second kappa shape index (κ2) is 5.10. The molecule has 2 heterocycles. The molecule has 5 heteroatoms. The minimum Gasteiger partial charge on any atom is -0.356 e. The third-order valence-electron chi connectivity index (χ3n) is 3.25. The number of aromatic nitrogens is 1. The lowest BCUT2D eigenvalue weighted by Crippen LogP contribution is -2.45. The van der Waals surface area contributed by atoms with E-state index in [0.717, 1.165) is 19.5 Å². The highest BCUT2D eigenvalue weighted by Gasteiger charge is 2.27. The molecule has 1 aliphatic heterocycles. The Hall–Kier alpha value is -1.00. The van der Waals surface area contributed by atoms with E-state index < -0.39 is 0 Å². The van der Waals surface area contributed by atoms with E-state index in [0.29, 0.717) is 17.3 Å². The van der Waals surface area contributed by atoms with E-state index >= 15 is 0 Å². The molecule has 1 aromatic rings. The topological polar surface area (TPSA) is 56.9 Å². The fourth-order valence-corrected chi connectivity index (χ4v) is 2.32. The van der Waals surface area contributed by atoms with Gasteiger partial charge in [-0.25, -0.2) is 0 Å². The molecule has 2 rings (SSSR count). The van der Waals surface area contributed by atoms with E-state index in [1.54, 1.807) is 12.3 Å². The molecule has 1 aromatic heterocycles. The van der Waals surface area contributed by atoms with Crippen molar-refractivity contribution in [3.63, 3.8) is 0 Å². The van der Waals surface area contributed by atoms with Gasteiger partial charge in [0.05, 0.1) is 5.02 Å². The van der Waals surface area contributed by atoms with Crippen LogP contribution in [0.3, 0.4) is 0 Å². The Morgan fingerprint density at radius 2 is 2.47 bits per heavy atom. The van der Waals surface area contributed by atoms with E-state index in [-0.39, 0.29) is 11.3 Å². The monoisotopic (exact) mass is 255 g/mol. The van der Waals surface area contributed by atoms with E-state index in [9.17, 15) is 4.79 Å². The number of amides is 1. The van der Waals surface area contributed by atoms with Crippen LogP contribution < -0.4 is 10.6 Å². The first kappa shape index (κ1) is 12.5. The number of aromatic amines is 1. The van der Waals surface area contributed by atoms with Crippen molar-refractivity contribution in [1.29, 1.82) is 0 Å². The Balaban J connectivity index is 1.87. The molecule has 0 saturated carbocycles. The van der Waals surface area contributed by atoms with Crippen molar-refractivity contribution in [3.8, 4) is 0 Å². The zero-order valence-corrected chi connectivity index (χ0v) is 10.7. The molecule has 0 bridgehead atoms. The molecule has 0 spiro atoms. The maximum Gasteiger partial charge on any atom is 0.267 e. The summed E-state index contributed by atoms with van der Waals surface area (Å²) in [7, 11) is 0. The molecule has 0 aliphatic carbocycles. The van der Waals surface area contributed by atoms with E-state index in [4.69, 9.17) is 11.6 Å². The largest absolute Gasteiger partial charge is 0.356 e. The molecule has 17 heavy (non-hydrogen) atoms. The van der Waals surface area contributed by atoms with Crippen LogP contribution >= 0.6 is 11.6 Å². The van der Waals surface area contributed by atoms with E-state index in [2.05, 4.69) is 22.5 Å². The average Bonchev–Trinajstić information content (AvgIpc) is 2.74. The molecule has 0 radical (unpaired) electrons. The van der Waals surface area contributed by atoms with Gasteiger partial charge in [-0.3, -0.25) is 4.79 Å². The summed E-state index contributed by atoms with van der Waals surface area (Å²) in [6.45, 7) is 4.92. The fraction of sp³-hybridized carbons (Fsp3) is 0.583. The van der Waals surface area contributed by atoms with Crippen LogP contribution in [0.1, 0.15) is 30.3 Å². The maximum absolute atomic E-state index is 11.8. The molecule has 1 amide bonds. The van der Waals surface area contributed by atoms with Gasteiger partial charge >= 0.3 is 0 Å². The Kier molecular flexibility index (Phi) is 3.74. The Morgan fingerprint density at radius 1 is 1.65 bits per heavy atom. The van der Waals surface area contributed by atoms with Crippen LogP contribution in [0.2, 0.25) is 5.02 Å². The SMILES string of the molecule is CC1(CNC(=O)c2cc(Cl)c[nH]2)CCCNC1. The second-order valence-electron chi connectivity index (χ2n) is 5.01. The van der Waals surface area contributed by atoms with Gasteiger partial charge in [-0.2, -0.15) is 0 Å². The van der Waals surface area contributed by atoms with Crippen LogP contribution in [-0.4, -0.2) is 30.5 Å². The van der Waals surface area contributed by atoms with Crippen LogP contribution in [0.5, 0.6) is 0 Å². The van der Waals surface area contributed by atoms with Gasteiger partial charge in [-0.1, -0.05) is 18.5 Å². The van der Waals surface area contributed by atoms with Gasteiger partial charge in [0, 0.05) is 19.3 Å². The minimum absolute atomic E-state index is 0.0938. The highest BCUT2D eigenvalue weighted by molar-refractivity contribution is 6.30. The van der Waals surface area contributed by atoms with Gasteiger partial charge in [-0.05, 0) is 30.9 Å². The molecule has 1 aliphatic rings. The summed E-state index contributed by atoms with van der Waals surface area (Å²) < 4.78 is 0.